The first kappa shape index (κ1) is 74.3. The monoisotopic (exact) mass is 1090 g/mol. The van der Waals surface area contributed by atoms with Crippen molar-refractivity contribution in [2.45, 2.75) is 284 Å². The highest BCUT2D eigenvalue weighted by Gasteiger charge is 2.19. The zero-order chi connectivity index (χ0) is 57.1. The molecule has 0 rings (SSSR count). The number of esters is 3. The van der Waals surface area contributed by atoms with E-state index in [2.05, 4.69) is 167 Å². The SMILES string of the molecule is CC/C=C\C/C=C\C/C=C\C/C=C\C/C=C\C/C=C\C/C=C\CCCCCC(=O)OCC(COC(=O)CCCCCCCCCCCCC)OC(=O)CCCCCCCCCCC/C=C\C/C=C\C/C=C\C/C=C\C/C=C\CC. The molecule has 0 N–H and O–H groups in total. The van der Waals surface area contributed by atoms with E-state index in [1.807, 2.05) is 0 Å². The van der Waals surface area contributed by atoms with Gasteiger partial charge in [0.2, 0.25) is 0 Å². The maximum absolute atomic E-state index is 12.9. The van der Waals surface area contributed by atoms with Crippen LogP contribution in [0.15, 0.2) is 146 Å². The molecule has 0 spiro atoms. The molecule has 0 radical (unpaired) electrons. The summed E-state index contributed by atoms with van der Waals surface area (Å²) < 4.78 is 16.9. The van der Waals surface area contributed by atoms with Crippen molar-refractivity contribution in [3.63, 3.8) is 0 Å². The Kier molecular flexibility index (Phi) is 61.9. The molecule has 1 unspecified atom stereocenters. The topological polar surface area (TPSA) is 78.9 Å². The van der Waals surface area contributed by atoms with Crippen LogP contribution < -0.4 is 0 Å². The zero-order valence-electron chi connectivity index (χ0n) is 51.1. The molecule has 0 aromatic heterocycles. The third-order valence-corrected chi connectivity index (χ3v) is 13.3. The predicted molar refractivity (Wildman–Crippen MR) is 343 cm³/mol. The Balaban J connectivity index is 4.39. The number of rotatable bonds is 57. The van der Waals surface area contributed by atoms with E-state index in [4.69, 9.17) is 14.2 Å². The first-order valence-corrected chi connectivity index (χ1v) is 32.3. The van der Waals surface area contributed by atoms with Crippen LogP contribution in [0.4, 0.5) is 0 Å². The zero-order valence-corrected chi connectivity index (χ0v) is 51.1. The lowest BCUT2D eigenvalue weighted by Gasteiger charge is -2.18. The molecule has 79 heavy (non-hydrogen) atoms. The van der Waals surface area contributed by atoms with Crippen LogP contribution in [-0.2, 0) is 28.6 Å². The van der Waals surface area contributed by atoms with E-state index in [0.717, 1.165) is 148 Å². The quantitative estimate of drug-likeness (QED) is 0.0261. The summed E-state index contributed by atoms with van der Waals surface area (Å²) in [5.74, 6) is -0.935. The molecule has 6 heteroatoms. The Morgan fingerprint density at radius 3 is 0.785 bits per heavy atom. The van der Waals surface area contributed by atoms with E-state index in [9.17, 15) is 14.4 Å². The van der Waals surface area contributed by atoms with Crippen molar-refractivity contribution in [3.05, 3.63) is 146 Å². The molecule has 0 amide bonds. The van der Waals surface area contributed by atoms with Crippen LogP contribution in [0.25, 0.3) is 0 Å². The minimum atomic E-state index is -0.801. The Morgan fingerprint density at radius 1 is 0.266 bits per heavy atom. The van der Waals surface area contributed by atoms with Crippen LogP contribution in [0.5, 0.6) is 0 Å². The Bertz CT molecular complexity index is 1730. The maximum Gasteiger partial charge on any atom is 0.306 e. The third kappa shape index (κ3) is 64.0. The van der Waals surface area contributed by atoms with Crippen molar-refractivity contribution in [2.24, 2.45) is 0 Å². The smallest absolute Gasteiger partial charge is 0.306 e. The van der Waals surface area contributed by atoms with Crippen LogP contribution in [0.2, 0.25) is 0 Å². The standard InChI is InChI=1S/C73H118O6/c1-4-7-10-13-16-19-22-24-26-28-30-32-34-36-38-40-42-44-46-48-51-54-57-60-63-66-72(75)78-69-70(68-77-71(74)65-62-59-56-53-50-21-18-15-12-9-6-3)79-73(76)67-64-61-58-55-52-49-47-45-43-41-39-37-35-33-31-29-27-25-23-20-17-14-11-8-5-2/h7-8,10-11,16-17,19-20,24-27,30-33,36-39,42,44,48,51,70H,4-6,9,12-15,18,21-23,28-29,34-35,40-41,43,45-47,49-50,52-69H2,1-3H3/b10-7-,11-8-,19-16-,20-17-,26-24-,27-25-,32-30-,33-31-,38-36-,39-37-,44-42-,51-48-. The lowest BCUT2D eigenvalue weighted by atomic mass is 10.1. The van der Waals surface area contributed by atoms with Crippen LogP contribution in [0.1, 0.15) is 278 Å². The van der Waals surface area contributed by atoms with Gasteiger partial charge in [-0.25, -0.2) is 0 Å². The molecule has 446 valence electrons. The normalized spacial score (nSPS) is 13.1. The fraction of sp³-hybridized carbons (Fsp3) is 0.630. The van der Waals surface area contributed by atoms with Gasteiger partial charge in [0.15, 0.2) is 6.10 Å². The van der Waals surface area contributed by atoms with E-state index >= 15 is 0 Å². The van der Waals surface area contributed by atoms with Crippen LogP contribution in [-0.4, -0.2) is 37.2 Å². The molecule has 0 heterocycles. The van der Waals surface area contributed by atoms with Crippen molar-refractivity contribution in [2.75, 3.05) is 13.2 Å². The van der Waals surface area contributed by atoms with Crippen LogP contribution in [0, 0.1) is 0 Å². The number of ether oxygens (including phenoxy) is 3. The van der Waals surface area contributed by atoms with E-state index < -0.39 is 6.10 Å². The molecule has 0 saturated carbocycles. The molecule has 0 aromatic rings. The Morgan fingerprint density at radius 2 is 0.494 bits per heavy atom. The van der Waals surface area contributed by atoms with Gasteiger partial charge in [-0.15, -0.1) is 0 Å². The first-order valence-electron chi connectivity index (χ1n) is 32.3. The van der Waals surface area contributed by atoms with Crippen molar-refractivity contribution >= 4 is 17.9 Å². The molecule has 0 aliphatic heterocycles. The van der Waals surface area contributed by atoms with Crippen molar-refractivity contribution < 1.29 is 28.6 Å². The molecular formula is C73H118O6. The molecule has 0 bridgehead atoms. The molecule has 0 aliphatic carbocycles. The predicted octanol–water partition coefficient (Wildman–Crippen LogP) is 22.3. The van der Waals surface area contributed by atoms with Crippen LogP contribution >= 0.6 is 0 Å². The van der Waals surface area contributed by atoms with Gasteiger partial charge < -0.3 is 14.2 Å². The van der Waals surface area contributed by atoms with Gasteiger partial charge in [0.1, 0.15) is 13.2 Å². The second-order valence-corrected chi connectivity index (χ2v) is 20.9. The minimum absolute atomic E-state index is 0.0941. The Hall–Kier alpha value is -4.71. The van der Waals surface area contributed by atoms with Gasteiger partial charge in [-0.1, -0.05) is 282 Å². The molecule has 0 aliphatic rings. The lowest BCUT2D eigenvalue weighted by Crippen LogP contribution is -2.30. The first-order chi connectivity index (χ1) is 39.0. The molecule has 0 fully saturated rings. The summed E-state index contributed by atoms with van der Waals surface area (Å²) in [6.45, 7) is 6.38. The van der Waals surface area contributed by atoms with Gasteiger partial charge in [0.05, 0.1) is 0 Å². The number of carbonyl (C=O) groups is 3. The second kappa shape index (κ2) is 65.8. The lowest BCUT2D eigenvalue weighted by molar-refractivity contribution is -0.167. The molecule has 0 saturated heterocycles. The summed E-state index contributed by atoms with van der Waals surface area (Å²) in [5, 5.41) is 0. The average Bonchev–Trinajstić information content (AvgIpc) is 3.45. The fourth-order valence-corrected chi connectivity index (χ4v) is 8.57. The number of unbranched alkanes of at least 4 members (excludes halogenated alkanes) is 22. The number of hydrogen-bond donors (Lipinski definition) is 0. The second-order valence-electron chi connectivity index (χ2n) is 20.9. The molecule has 0 aromatic carbocycles. The van der Waals surface area contributed by atoms with Gasteiger partial charge in [-0.3, -0.25) is 14.4 Å². The van der Waals surface area contributed by atoms with Crippen LogP contribution in [0.3, 0.4) is 0 Å². The summed E-state index contributed by atoms with van der Waals surface area (Å²) in [6.07, 6.45) is 94.2. The van der Waals surface area contributed by atoms with E-state index in [-0.39, 0.29) is 31.1 Å². The van der Waals surface area contributed by atoms with Crippen molar-refractivity contribution in [1.82, 2.24) is 0 Å². The van der Waals surface area contributed by atoms with Crippen molar-refractivity contribution in [3.8, 4) is 0 Å². The third-order valence-electron chi connectivity index (χ3n) is 13.3. The van der Waals surface area contributed by atoms with Gasteiger partial charge in [-0.2, -0.15) is 0 Å². The molecule has 1 atom stereocenters. The minimum Gasteiger partial charge on any atom is -0.462 e. The average molecular weight is 1090 g/mol. The van der Waals surface area contributed by atoms with E-state index in [0.29, 0.717) is 19.3 Å². The van der Waals surface area contributed by atoms with E-state index in [1.165, 1.54) is 89.9 Å². The summed E-state index contributed by atoms with van der Waals surface area (Å²) in [4.78, 5) is 38.3. The van der Waals surface area contributed by atoms with Gasteiger partial charge in [0, 0.05) is 19.3 Å². The maximum atomic E-state index is 12.9. The highest BCUT2D eigenvalue weighted by molar-refractivity contribution is 5.71. The molecule has 6 nitrogen and oxygen atoms in total. The van der Waals surface area contributed by atoms with Crippen molar-refractivity contribution in [1.29, 1.82) is 0 Å². The highest BCUT2D eigenvalue weighted by atomic mass is 16.6. The highest BCUT2D eigenvalue weighted by Crippen LogP contribution is 2.15. The number of allylic oxidation sites excluding steroid dienone is 24. The van der Waals surface area contributed by atoms with Gasteiger partial charge >= 0.3 is 17.9 Å². The Labute approximate surface area is 487 Å². The largest absolute Gasteiger partial charge is 0.462 e. The number of carbonyl (C=O) groups excluding carboxylic acids is 3. The van der Waals surface area contributed by atoms with Gasteiger partial charge in [-0.05, 0) is 122 Å². The summed E-state index contributed by atoms with van der Waals surface area (Å²) in [5.41, 5.74) is 0. The molecular weight excluding hydrogens is 973 g/mol. The fourth-order valence-electron chi connectivity index (χ4n) is 8.57. The number of hydrogen-bond acceptors (Lipinski definition) is 6. The van der Waals surface area contributed by atoms with E-state index in [1.54, 1.807) is 0 Å². The summed E-state index contributed by atoms with van der Waals surface area (Å²) >= 11 is 0. The summed E-state index contributed by atoms with van der Waals surface area (Å²) in [6, 6.07) is 0. The summed E-state index contributed by atoms with van der Waals surface area (Å²) in [7, 11) is 0. The van der Waals surface area contributed by atoms with Gasteiger partial charge in [0.25, 0.3) is 0 Å².